The number of amides is 1. The zero-order chi connectivity index (χ0) is 10.4. The van der Waals surface area contributed by atoms with Gasteiger partial charge in [0, 0.05) is 20.1 Å². The van der Waals surface area contributed by atoms with Gasteiger partial charge >= 0.3 is 0 Å². The Balaban J connectivity index is 2.32. The molecule has 0 bridgehead atoms. The van der Waals surface area contributed by atoms with Crippen LogP contribution in [0.4, 0.5) is 0 Å². The summed E-state index contributed by atoms with van der Waals surface area (Å²) in [7, 11) is 1.68. The van der Waals surface area contributed by atoms with E-state index in [1.165, 1.54) is 0 Å². The average Bonchev–Trinajstić information content (AvgIpc) is 2.49. The Morgan fingerprint density at radius 1 is 1.57 bits per heavy atom. The van der Waals surface area contributed by atoms with Crippen molar-refractivity contribution in [2.24, 2.45) is 4.99 Å². The molecule has 0 saturated heterocycles. The van der Waals surface area contributed by atoms with Gasteiger partial charge in [-0.1, -0.05) is 13.3 Å². The third kappa shape index (κ3) is 3.10. The lowest BCUT2D eigenvalue weighted by atomic mass is 10.2. The second-order valence-corrected chi connectivity index (χ2v) is 3.47. The van der Waals surface area contributed by atoms with Crippen molar-refractivity contribution in [3.63, 3.8) is 0 Å². The Morgan fingerprint density at radius 3 is 3.00 bits per heavy atom. The fourth-order valence-electron chi connectivity index (χ4n) is 1.48. The molecule has 1 atom stereocenters. The first-order valence-electron chi connectivity index (χ1n) is 5.14. The van der Waals surface area contributed by atoms with E-state index in [1.807, 2.05) is 0 Å². The second kappa shape index (κ2) is 5.75. The Bertz CT molecular complexity index is 226. The van der Waals surface area contributed by atoms with Gasteiger partial charge in [-0.2, -0.15) is 0 Å². The number of nitrogens with one attached hydrogen (secondary N) is 1. The van der Waals surface area contributed by atoms with Crippen molar-refractivity contribution < 1.29 is 9.53 Å². The highest BCUT2D eigenvalue weighted by atomic mass is 16.5. The molecule has 80 valence electrons. The molecule has 1 aliphatic rings. The molecule has 0 aromatic carbocycles. The van der Waals surface area contributed by atoms with Crippen LogP contribution in [-0.2, 0) is 9.53 Å². The van der Waals surface area contributed by atoms with Crippen LogP contribution in [0.25, 0.3) is 0 Å². The molecule has 0 aliphatic carbocycles. The predicted molar refractivity (Wildman–Crippen MR) is 55.4 cm³/mol. The summed E-state index contributed by atoms with van der Waals surface area (Å²) < 4.78 is 4.94. The quantitative estimate of drug-likeness (QED) is 0.650. The van der Waals surface area contributed by atoms with Crippen LogP contribution in [0.3, 0.4) is 0 Å². The van der Waals surface area contributed by atoms with Crippen LogP contribution in [-0.4, -0.2) is 31.5 Å². The SMILES string of the molecule is CCCC1N=C(CCCOC)NC1=O. The first-order chi connectivity index (χ1) is 6.77. The molecular weight excluding hydrogens is 180 g/mol. The molecule has 0 spiro atoms. The molecule has 4 heteroatoms. The molecule has 0 fully saturated rings. The number of ether oxygens (including phenoxy) is 1. The van der Waals surface area contributed by atoms with E-state index < -0.39 is 0 Å². The maximum atomic E-state index is 11.4. The summed E-state index contributed by atoms with van der Waals surface area (Å²) in [5, 5.41) is 2.80. The second-order valence-electron chi connectivity index (χ2n) is 3.47. The maximum absolute atomic E-state index is 11.4. The number of hydrogen-bond donors (Lipinski definition) is 1. The molecule has 0 aromatic heterocycles. The standard InChI is InChI=1S/C10H18N2O2/c1-3-5-8-10(13)12-9(11-8)6-4-7-14-2/h8H,3-7H2,1-2H3,(H,11,12,13). The number of methoxy groups -OCH3 is 1. The Kier molecular flexibility index (Phi) is 4.59. The Labute approximate surface area is 84.7 Å². The third-order valence-electron chi connectivity index (χ3n) is 2.21. The van der Waals surface area contributed by atoms with Crippen LogP contribution < -0.4 is 5.32 Å². The van der Waals surface area contributed by atoms with Crippen molar-refractivity contribution in [2.45, 2.75) is 38.6 Å². The number of carbonyl (C=O) groups excluding carboxylic acids is 1. The van der Waals surface area contributed by atoms with Crippen molar-refractivity contribution in [3.8, 4) is 0 Å². The fraction of sp³-hybridized carbons (Fsp3) is 0.800. The molecule has 1 N–H and O–H groups in total. The lowest BCUT2D eigenvalue weighted by Crippen LogP contribution is -2.28. The monoisotopic (exact) mass is 198 g/mol. The van der Waals surface area contributed by atoms with Gasteiger partial charge in [0.1, 0.15) is 11.9 Å². The summed E-state index contributed by atoms with van der Waals surface area (Å²) in [6.45, 7) is 2.78. The fourth-order valence-corrected chi connectivity index (χ4v) is 1.48. The predicted octanol–water partition coefficient (Wildman–Crippen LogP) is 1.11. The van der Waals surface area contributed by atoms with Gasteiger partial charge in [0.25, 0.3) is 0 Å². The smallest absolute Gasteiger partial charge is 0.250 e. The third-order valence-corrected chi connectivity index (χ3v) is 2.21. The highest BCUT2D eigenvalue weighted by Gasteiger charge is 2.24. The van der Waals surface area contributed by atoms with Crippen LogP contribution in [0, 0.1) is 0 Å². The summed E-state index contributed by atoms with van der Waals surface area (Å²) in [6.07, 6.45) is 3.56. The number of nitrogens with zero attached hydrogens (tertiary/aromatic N) is 1. The van der Waals surface area contributed by atoms with Gasteiger partial charge in [0.2, 0.25) is 5.91 Å². The van der Waals surface area contributed by atoms with E-state index in [-0.39, 0.29) is 11.9 Å². The average molecular weight is 198 g/mol. The van der Waals surface area contributed by atoms with Crippen LogP contribution in [0.1, 0.15) is 32.6 Å². The minimum atomic E-state index is -0.141. The molecule has 1 amide bonds. The summed E-state index contributed by atoms with van der Waals surface area (Å²) in [4.78, 5) is 15.7. The van der Waals surface area contributed by atoms with E-state index in [4.69, 9.17) is 4.74 Å². The molecule has 4 nitrogen and oxygen atoms in total. The Hall–Kier alpha value is -0.900. The first-order valence-corrected chi connectivity index (χ1v) is 5.14. The summed E-state index contributed by atoms with van der Waals surface area (Å²) in [6, 6.07) is -0.141. The van der Waals surface area contributed by atoms with Crippen molar-refractivity contribution in [1.82, 2.24) is 5.32 Å². The molecular formula is C10H18N2O2. The van der Waals surface area contributed by atoms with Gasteiger partial charge < -0.3 is 10.1 Å². The number of aliphatic imine (C=N–C) groups is 1. The van der Waals surface area contributed by atoms with Crippen molar-refractivity contribution in [3.05, 3.63) is 0 Å². The zero-order valence-electron chi connectivity index (χ0n) is 8.88. The summed E-state index contributed by atoms with van der Waals surface area (Å²) >= 11 is 0. The largest absolute Gasteiger partial charge is 0.385 e. The van der Waals surface area contributed by atoms with Gasteiger partial charge in [0.05, 0.1) is 0 Å². The topological polar surface area (TPSA) is 50.7 Å². The minimum absolute atomic E-state index is 0.0549. The van der Waals surface area contributed by atoms with Crippen LogP contribution >= 0.6 is 0 Å². The highest BCUT2D eigenvalue weighted by Crippen LogP contribution is 2.09. The molecule has 1 aliphatic heterocycles. The number of hydrogen-bond acceptors (Lipinski definition) is 3. The van der Waals surface area contributed by atoms with Gasteiger partial charge in [-0.25, -0.2) is 0 Å². The molecule has 0 radical (unpaired) electrons. The summed E-state index contributed by atoms with van der Waals surface area (Å²) in [5.41, 5.74) is 0. The van der Waals surface area contributed by atoms with Crippen LogP contribution in [0.15, 0.2) is 4.99 Å². The van der Waals surface area contributed by atoms with Crippen molar-refractivity contribution in [1.29, 1.82) is 0 Å². The first kappa shape index (κ1) is 11.2. The number of amidine groups is 1. The molecule has 0 saturated carbocycles. The van der Waals surface area contributed by atoms with E-state index in [0.717, 1.165) is 31.5 Å². The summed E-state index contributed by atoms with van der Waals surface area (Å²) in [5.74, 6) is 0.879. The number of rotatable bonds is 6. The van der Waals surface area contributed by atoms with Crippen LogP contribution in [0.5, 0.6) is 0 Å². The number of carbonyl (C=O) groups is 1. The molecule has 0 aromatic rings. The maximum Gasteiger partial charge on any atom is 0.250 e. The van der Waals surface area contributed by atoms with E-state index in [0.29, 0.717) is 6.61 Å². The minimum Gasteiger partial charge on any atom is -0.385 e. The highest BCUT2D eigenvalue weighted by molar-refractivity contribution is 6.05. The van der Waals surface area contributed by atoms with Gasteiger partial charge in [0.15, 0.2) is 0 Å². The van der Waals surface area contributed by atoms with Crippen LogP contribution in [0.2, 0.25) is 0 Å². The van der Waals surface area contributed by atoms with Crippen molar-refractivity contribution >= 4 is 11.7 Å². The normalized spacial score (nSPS) is 20.9. The van der Waals surface area contributed by atoms with Gasteiger partial charge in [-0.3, -0.25) is 9.79 Å². The molecule has 1 rings (SSSR count). The van der Waals surface area contributed by atoms with E-state index >= 15 is 0 Å². The van der Waals surface area contributed by atoms with Crippen molar-refractivity contribution in [2.75, 3.05) is 13.7 Å². The molecule has 14 heavy (non-hydrogen) atoms. The van der Waals surface area contributed by atoms with Gasteiger partial charge in [-0.15, -0.1) is 0 Å². The lowest BCUT2D eigenvalue weighted by Gasteiger charge is -1.99. The Morgan fingerprint density at radius 2 is 2.36 bits per heavy atom. The van der Waals surface area contributed by atoms with Gasteiger partial charge in [-0.05, 0) is 12.8 Å². The van der Waals surface area contributed by atoms with E-state index in [1.54, 1.807) is 7.11 Å². The molecule has 1 unspecified atom stereocenters. The molecule has 1 heterocycles. The van der Waals surface area contributed by atoms with E-state index in [9.17, 15) is 4.79 Å². The zero-order valence-corrected chi connectivity index (χ0v) is 8.88. The van der Waals surface area contributed by atoms with E-state index in [2.05, 4.69) is 17.2 Å². The lowest BCUT2D eigenvalue weighted by molar-refractivity contribution is -0.120.